The molecule has 3 amide bonds. The second kappa shape index (κ2) is 8.65. The molecular formula is C27H33N3O3. The molecule has 1 fully saturated rings. The molecule has 2 aromatic rings. The van der Waals surface area contributed by atoms with Crippen molar-refractivity contribution in [3.8, 4) is 0 Å². The van der Waals surface area contributed by atoms with Crippen LogP contribution in [-0.4, -0.2) is 71.2 Å². The number of rotatable bonds is 3. The second-order valence-corrected chi connectivity index (χ2v) is 9.78. The highest BCUT2D eigenvalue weighted by molar-refractivity contribution is 6.02. The minimum absolute atomic E-state index is 0.000954. The fraction of sp³-hybridized carbons (Fsp3) is 0.444. The number of nitrogens with zero attached hydrogens (tertiary/aromatic N) is 3. The van der Waals surface area contributed by atoms with Gasteiger partial charge in [-0.2, -0.15) is 0 Å². The molecule has 4 rings (SSSR count). The van der Waals surface area contributed by atoms with E-state index in [1.807, 2.05) is 79.1 Å². The quantitative estimate of drug-likeness (QED) is 0.721. The van der Waals surface area contributed by atoms with Crippen molar-refractivity contribution in [1.29, 1.82) is 0 Å². The molecule has 1 atom stereocenters. The van der Waals surface area contributed by atoms with Crippen LogP contribution in [0.15, 0.2) is 48.5 Å². The van der Waals surface area contributed by atoms with Crippen LogP contribution in [0.3, 0.4) is 0 Å². The Hall–Kier alpha value is -3.15. The van der Waals surface area contributed by atoms with Crippen molar-refractivity contribution in [3.05, 3.63) is 70.8 Å². The molecule has 0 radical (unpaired) electrons. The van der Waals surface area contributed by atoms with Gasteiger partial charge < -0.3 is 14.7 Å². The summed E-state index contributed by atoms with van der Waals surface area (Å²) in [4.78, 5) is 45.8. The van der Waals surface area contributed by atoms with Crippen molar-refractivity contribution in [2.75, 3.05) is 27.2 Å². The zero-order chi connectivity index (χ0) is 23.9. The normalized spacial score (nSPS) is 19.6. The molecule has 0 aliphatic carbocycles. The number of aryl methyl sites for hydroxylation is 1. The van der Waals surface area contributed by atoms with Gasteiger partial charge in [0.25, 0.3) is 11.8 Å². The first-order chi connectivity index (χ1) is 15.7. The average molecular weight is 448 g/mol. The molecule has 174 valence electrons. The van der Waals surface area contributed by atoms with Crippen molar-refractivity contribution in [2.45, 2.75) is 51.1 Å². The number of piperidine rings is 1. The van der Waals surface area contributed by atoms with Gasteiger partial charge >= 0.3 is 0 Å². The number of fused-ring (bicyclic) bond motifs is 1. The van der Waals surface area contributed by atoms with Crippen LogP contribution in [-0.2, 0) is 4.79 Å². The summed E-state index contributed by atoms with van der Waals surface area (Å²) in [6, 6.07) is 15.0. The number of hydrogen-bond acceptors (Lipinski definition) is 3. The Morgan fingerprint density at radius 2 is 1.61 bits per heavy atom. The first-order valence-electron chi connectivity index (χ1n) is 11.7. The molecule has 2 aromatic carbocycles. The number of benzene rings is 2. The number of hydrogen-bond donors (Lipinski definition) is 0. The smallest absolute Gasteiger partial charge is 0.254 e. The highest BCUT2D eigenvalue weighted by Crippen LogP contribution is 2.48. The minimum atomic E-state index is -0.662. The van der Waals surface area contributed by atoms with Gasteiger partial charge in [0.1, 0.15) is 0 Å². The highest BCUT2D eigenvalue weighted by atomic mass is 16.2. The SMILES string of the molecule is Cc1ccc(C(=O)N2CCC3(CC2)C(C(=O)N(C)C)c2ccccc2C(=O)N3C(C)C)cc1. The Morgan fingerprint density at radius 3 is 2.18 bits per heavy atom. The molecule has 1 unspecified atom stereocenters. The number of likely N-dealkylation sites (N-methyl/N-ethyl adjacent to an activating group) is 1. The van der Waals surface area contributed by atoms with Gasteiger partial charge in [-0.1, -0.05) is 35.9 Å². The summed E-state index contributed by atoms with van der Waals surface area (Å²) in [5, 5.41) is 0. The van der Waals surface area contributed by atoms with E-state index in [9.17, 15) is 14.4 Å². The minimum Gasteiger partial charge on any atom is -0.348 e. The molecular weight excluding hydrogens is 414 g/mol. The Balaban J connectivity index is 1.73. The lowest BCUT2D eigenvalue weighted by molar-refractivity contribution is -0.136. The van der Waals surface area contributed by atoms with Crippen LogP contribution in [0.2, 0.25) is 0 Å². The number of likely N-dealkylation sites (tertiary alicyclic amines) is 1. The zero-order valence-corrected chi connectivity index (χ0v) is 20.2. The Morgan fingerprint density at radius 1 is 1.00 bits per heavy atom. The number of carbonyl (C=O) groups is 3. The van der Waals surface area contributed by atoms with Crippen LogP contribution in [0.1, 0.15) is 64.4 Å². The van der Waals surface area contributed by atoms with E-state index in [0.717, 1.165) is 11.1 Å². The van der Waals surface area contributed by atoms with E-state index < -0.39 is 11.5 Å². The number of carbonyl (C=O) groups excluding carboxylic acids is 3. The van der Waals surface area contributed by atoms with E-state index in [1.54, 1.807) is 19.0 Å². The van der Waals surface area contributed by atoms with Crippen molar-refractivity contribution in [2.24, 2.45) is 0 Å². The average Bonchev–Trinajstić information content (AvgIpc) is 2.79. The van der Waals surface area contributed by atoms with Crippen LogP contribution in [0.5, 0.6) is 0 Å². The predicted molar refractivity (Wildman–Crippen MR) is 128 cm³/mol. The predicted octanol–water partition coefficient (Wildman–Crippen LogP) is 3.71. The van der Waals surface area contributed by atoms with Crippen LogP contribution in [0.4, 0.5) is 0 Å². The molecule has 33 heavy (non-hydrogen) atoms. The Bertz CT molecular complexity index is 1070. The fourth-order valence-corrected chi connectivity index (χ4v) is 5.58. The molecule has 6 heteroatoms. The highest BCUT2D eigenvalue weighted by Gasteiger charge is 2.56. The molecule has 0 bridgehead atoms. The van der Waals surface area contributed by atoms with Gasteiger partial charge in [0.05, 0.1) is 11.5 Å². The topological polar surface area (TPSA) is 60.9 Å². The van der Waals surface area contributed by atoms with E-state index in [0.29, 0.717) is 37.1 Å². The molecule has 2 aliphatic heterocycles. The van der Waals surface area contributed by atoms with Gasteiger partial charge in [-0.3, -0.25) is 14.4 Å². The number of amides is 3. The van der Waals surface area contributed by atoms with Crippen LogP contribution in [0, 0.1) is 6.92 Å². The first kappa shape index (κ1) is 23.0. The zero-order valence-electron chi connectivity index (χ0n) is 20.2. The lowest BCUT2D eigenvalue weighted by atomic mass is 9.66. The molecule has 6 nitrogen and oxygen atoms in total. The second-order valence-electron chi connectivity index (χ2n) is 9.78. The Kier molecular flexibility index (Phi) is 6.04. The summed E-state index contributed by atoms with van der Waals surface area (Å²) < 4.78 is 0. The van der Waals surface area contributed by atoms with E-state index in [1.165, 1.54) is 0 Å². The molecule has 2 aliphatic rings. The molecule has 1 saturated heterocycles. The van der Waals surface area contributed by atoms with Crippen molar-refractivity contribution in [3.63, 3.8) is 0 Å². The standard InChI is InChI=1S/C27H33N3O3/c1-18(2)30-25(32)22-9-7-6-8-21(22)23(26(33)28(4)5)27(30)14-16-29(17-15-27)24(31)20-12-10-19(3)11-13-20/h6-13,18,23H,14-17H2,1-5H3. The van der Waals surface area contributed by atoms with Gasteiger partial charge in [0.15, 0.2) is 0 Å². The monoisotopic (exact) mass is 447 g/mol. The Labute approximate surface area is 196 Å². The van der Waals surface area contributed by atoms with Crippen LogP contribution >= 0.6 is 0 Å². The lowest BCUT2D eigenvalue weighted by Gasteiger charge is -2.56. The molecule has 1 spiro atoms. The molecule has 2 heterocycles. The fourth-order valence-electron chi connectivity index (χ4n) is 5.58. The van der Waals surface area contributed by atoms with Gasteiger partial charge in [-0.25, -0.2) is 0 Å². The summed E-state index contributed by atoms with van der Waals surface area (Å²) in [5.41, 5.74) is 2.53. The maximum Gasteiger partial charge on any atom is 0.254 e. The van der Waals surface area contributed by atoms with E-state index >= 15 is 0 Å². The van der Waals surface area contributed by atoms with Gasteiger partial charge in [-0.15, -0.1) is 0 Å². The van der Waals surface area contributed by atoms with Crippen molar-refractivity contribution in [1.82, 2.24) is 14.7 Å². The third-order valence-corrected chi connectivity index (χ3v) is 7.16. The first-order valence-corrected chi connectivity index (χ1v) is 11.7. The van der Waals surface area contributed by atoms with Crippen molar-refractivity contribution >= 4 is 17.7 Å². The maximum atomic E-state index is 13.7. The summed E-state index contributed by atoms with van der Waals surface area (Å²) in [5.74, 6) is -0.486. The largest absolute Gasteiger partial charge is 0.348 e. The van der Waals surface area contributed by atoms with Gasteiger partial charge in [0.2, 0.25) is 5.91 Å². The van der Waals surface area contributed by atoms with Crippen molar-refractivity contribution < 1.29 is 14.4 Å². The molecule has 0 N–H and O–H groups in total. The van der Waals surface area contributed by atoms with Gasteiger partial charge in [-0.05, 0) is 57.4 Å². The maximum absolute atomic E-state index is 13.7. The summed E-state index contributed by atoms with van der Waals surface area (Å²) in [7, 11) is 3.54. The summed E-state index contributed by atoms with van der Waals surface area (Å²) in [6.45, 7) is 7.02. The van der Waals surface area contributed by atoms with E-state index in [2.05, 4.69) is 0 Å². The summed E-state index contributed by atoms with van der Waals surface area (Å²) in [6.07, 6.45) is 1.13. The van der Waals surface area contributed by atoms with Gasteiger partial charge in [0, 0.05) is 44.4 Å². The van der Waals surface area contributed by atoms with E-state index in [-0.39, 0.29) is 23.8 Å². The third-order valence-electron chi connectivity index (χ3n) is 7.16. The molecule has 0 saturated carbocycles. The van der Waals surface area contributed by atoms with Crippen LogP contribution < -0.4 is 0 Å². The lowest BCUT2D eigenvalue weighted by Crippen LogP contribution is -2.67. The third kappa shape index (κ3) is 3.81. The molecule has 0 aromatic heterocycles. The van der Waals surface area contributed by atoms with E-state index in [4.69, 9.17) is 0 Å². The summed E-state index contributed by atoms with van der Waals surface area (Å²) >= 11 is 0. The van der Waals surface area contributed by atoms with Crippen LogP contribution in [0.25, 0.3) is 0 Å².